The van der Waals surface area contributed by atoms with Crippen molar-refractivity contribution < 1.29 is 4.74 Å². The Kier molecular flexibility index (Phi) is 4.45. The van der Waals surface area contributed by atoms with Crippen LogP contribution in [-0.4, -0.2) is 47.7 Å². The van der Waals surface area contributed by atoms with Crippen molar-refractivity contribution in [2.75, 3.05) is 27.7 Å². The highest BCUT2D eigenvalue weighted by molar-refractivity contribution is 5.29. The number of aromatic amines is 1. The first-order valence-corrected chi connectivity index (χ1v) is 7.70. The van der Waals surface area contributed by atoms with E-state index in [1.807, 2.05) is 12.1 Å². The van der Waals surface area contributed by atoms with Gasteiger partial charge in [-0.1, -0.05) is 12.1 Å². The molecule has 2 heterocycles. The van der Waals surface area contributed by atoms with Gasteiger partial charge in [-0.3, -0.25) is 10.00 Å². The van der Waals surface area contributed by atoms with Crippen molar-refractivity contribution in [3.05, 3.63) is 46.8 Å². The molecule has 1 aliphatic rings. The summed E-state index contributed by atoms with van der Waals surface area (Å²) >= 11 is 0. The molecule has 1 aromatic heterocycles. The molecule has 0 atom stereocenters. The largest absolute Gasteiger partial charge is 0.497 e. The zero-order chi connectivity index (χ0) is 15.5. The first-order chi connectivity index (χ1) is 10.7. The minimum absolute atomic E-state index is 0.907. The van der Waals surface area contributed by atoms with Crippen molar-refractivity contribution >= 4 is 0 Å². The lowest BCUT2D eigenvalue weighted by atomic mass is 10.0. The maximum atomic E-state index is 5.21. The average molecular weight is 300 g/mol. The van der Waals surface area contributed by atoms with E-state index in [9.17, 15) is 0 Å². The van der Waals surface area contributed by atoms with E-state index in [1.54, 1.807) is 7.11 Å². The number of nitrogens with one attached hydrogen (secondary N) is 1. The minimum Gasteiger partial charge on any atom is -0.497 e. The van der Waals surface area contributed by atoms with Crippen molar-refractivity contribution in [2.24, 2.45) is 0 Å². The summed E-state index contributed by atoms with van der Waals surface area (Å²) < 4.78 is 5.21. The van der Waals surface area contributed by atoms with E-state index in [1.165, 1.54) is 22.5 Å². The van der Waals surface area contributed by atoms with E-state index < -0.39 is 0 Å². The van der Waals surface area contributed by atoms with Gasteiger partial charge in [-0.15, -0.1) is 0 Å². The number of H-pyrrole nitrogens is 1. The summed E-state index contributed by atoms with van der Waals surface area (Å²) in [5, 5.41) is 7.72. The molecule has 0 aliphatic carbocycles. The molecule has 0 bridgehead atoms. The topological polar surface area (TPSA) is 44.4 Å². The zero-order valence-electron chi connectivity index (χ0n) is 13.6. The Balaban J connectivity index is 1.65. The molecule has 5 nitrogen and oxygen atoms in total. The normalized spacial score (nSPS) is 15.1. The maximum absolute atomic E-state index is 5.21. The Morgan fingerprint density at radius 1 is 1.27 bits per heavy atom. The van der Waals surface area contributed by atoms with Crippen LogP contribution >= 0.6 is 0 Å². The molecule has 0 saturated carbocycles. The summed E-state index contributed by atoms with van der Waals surface area (Å²) in [5.41, 5.74) is 5.21. The van der Waals surface area contributed by atoms with E-state index >= 15 is 0 Å². The van der Waals surface area contributed by atoms with Gasteiger partial charge in [0, 0.05) is 31.7 Å². The van der Waals surface area contributed by atoms with E-state index in [0.29, 0.717) is 0 Å². The summed E-state index contributed by atoms with van der Waals surface area (Å²) in [5.74, 6) is 0.909. The Hall–Kier alpha value is -1.85. The van der Waals surface area contributed by atoms with Crippen LogP contribution in [0.25, 0.3) is 0 Å². The van der Waals surface area contributed by atoms with E-state index in [2.05, 4.69) is 46.2 Å². The monoisotopic (exact) mass is 300 g/mol. The van der Waals surface area contributed by atoms with Gasteiger partial charge in [0.05, 0.1) is 18.5 Å². The Bertz CT molecular complexity index is 618. The van der Waals surface area contributed by atoms with E-state index in [0.717, 1.165) is 38.3 Å². The van der Waals surface area contributed by atoms with Crippen LogP contribution in [0.3, 0.4) is 0 Å². The van der Waals surface area contributed by atoms with Crippen LogP contribution in [0, 0.1) is 0 Å². The molecular weight excluding hydrogens is 276 g/mol. The van der Waals surface area contributed by atoms with Gasteiger partial charge in [-0.2, -0.15) is 5.10 Å². The number of rotatable bonds is 5. The fraction of sp³-hybridized carbons (Fsp3) is 0.471. The number of fused-ring (bicyclic) bond motifs is 1. The lowest BCUT2D eigenvalue weighted by Gasteiger charge is -2.27. The highest BCUT2D eigenvalue weighted by Crippen LogP contribution is 2.22. The molecule has 118 valence electrons. The van der Waals surface area contributed by atoms with Gasteiger partial charge in [0.25, 0.3) is 0 Å². The van der Waals surface area contributed by atoms with Gasteiger partial charge in [-0.05, 0) is 38.2 Å². The van der Waals surface area contributed by atoms with Crippen LogP contribution in [-0.2, 0) is 26.1 Å². The van der Waals surface area contributed by atoms with Crippen LogP contribution < -0.4 is 4.74 Å². The van der Waals surface area contributed by atoms with Gasteiger partial charge in [0.1, 0.15) is 5.75 Å². The SMILES string of the molecule is COc1ccc(CN2CCc3c(CN(C)C)n[nH]c3C2)cc1. The van der Waals surface area contributed by atoms with Crippen LogP contribution in [0.2, 0.25) is 0 Å². The maximum Gasteiger partial charge on any atom is 0.118 e. The molecule has 1 aromatic carbocycles. The molecule has 22 heavy (non-hydrogen) atoms. The first-order valence-electron chi connectivity index (χ1n) is 7.70. The summed E-state index contributed by atoms with van der Waals surface area (Å²) in [4.78, 5) is 4.63. The first kappa shape index (κ1) is 15.1. The van der Waals surface area contributed by atoms with Crippen LogP contribution in [0.15, 0.2) is 24.3 Å². The summed E-state index contributed by atoms with van der Waals surface area (Å²) in [7, 11) is 5.87. The molecule has 5 heteroatoms. The number of benzene rings is 1. The quantitative estimate of drug-likeness (QED) is 0.918. The van der Waals surface area contributed by atoms with Crippen molar-refractivity contribution in [3.8, 4) is 5.75 Å². The average Bonchev–Trinajstić information content (AvgIpc) is 2.90. The number of nitrogens with zero attached hydrogens (tertiary/aromatic N) is 3. The second-order valence-electron chi connectivity index (χ2n) is 6.17. The van der Waals surface area contributed by atoms with E-state index in [-0.39, 0.29) is 0 Å². The lowest BCUT2D eigenvalue weighted by Crippen LogP contribution is -2.30. The van der Waals surface area contributed by atoms with Gasteiger partial charge in [0.2, 0.25) is 0 Å². The molecule has 1 aliphatic heterocycles. The molecule has 0 saturated heterocycles. The number of ether oxygens (including phenoxy) is 1. The van der Waals surface area contributed by atoms with Crippen molar-refractivity contribution in [1.82, 2.24) is 20.0 Å². The molecular formula is C17H24N4O. The third kappa shape index (κ3) is 3.31. The molecule has 0 fully saturated rings. The van der Waals surface area contributed by atoms with Gasteiger partial charge < -0.3 is 9.64 Å². The highest BCUT2D eigenvalue weighted by Gasteiger charge is 2.21. The smallest absolute Gasteiger partial charge is 0.118 e. The summed E-state index contributed by atoms with van der Waals surface area (Å²) in [6, 6.07) is 8.32. The number of aromatic nitrogens is 2. The molecule has 0 spiro atoms. The Morgan fingerprint density at radius 3 is 2.73 bits per heavy atom. The van der Waals surface area contributed by atoms with Crippen LogP contribution in [0.1, 0.15) is 22.5 Å². The van der Waals surface area contributed by atoms with Crippen LogP contribution in [0.4, 0.5) is 0 Å². The van der Waals surface area contributed by atoms with Gasteiger partial charge in [0.15, 0.2) is 0 Å². The van der Waals surface area contributed by atoms with E-state index in [4.69, 9.17) is 4.74 Å². The Morgan fingerprint density at radius 2 is 2.05 bits per heavy atom. The highest BCUT2D eigenvalue weighted by atomic mass is 16.5. The molecule has 3 rings (SSSR count). The zero-order valence-corrected chi connectivity index (χ0v) is 13.6. The predicted molar refractivity (Wildman–Crippen MR) is 86.8 cm³/mol. The minimum atomic E-state index is 0.907. The fourth-order valence-corrected chi connectivity index (χ4v) is 3.00. The van der Waals surface area contributed by atoms with Crippen molar-refractivity contribution in [3.63, 3.8) is 0 Å². The second-order valence-corrected chi connectivity index (χ2v) is 6.17. The molecule has 0 unspecified atom stereocenters. The van der Waals surface area contributed by atoms with Crippen LogP contribution in [0.5, 0.6) is 5.75 Å². The molecule has 2 aromatic rings. The van der Waals surface area contributed by atoms with Gasteiger partial charge >= 0.3 is 0 Å². The molecule has 0 radical (unpaired) electrons. The summed E-state index contributed by atoms with van der Waals surface area (Å²) in [6.07, 6.45) is 1.07. The number of hydrogen-bond donors (Lipinski definition) is 1. The van der Waals surface area contributed by atoms with Crippen molar-refractivity contribution in [2.45, 2.75) is 26.1 Å². The summed E-state index contributed by atoms with van der Waals surface area (Å²) in [6.45, 7) is 3.90. The number of methoxy groups -OCH3 is 1. The third-order valence-electron chi connectivity index (χ3n) is 4.13. The second kappa shape index (κ2) is 6.50. The Labute approximate surface area is 131 Å². The number of hydrogen-bond acceptors (Lipinski definition) is 4. The predicted octanol–water partition coefficient (Wildman–Crippen LogP) is 2.04. The lowest BCUT2D eigenvalue weighted by molar-refractivity contribution is 0.242. The van der Waals surface area contributed by atoms with Gasteiger partial charge in [-0.25, -0.2) is 0 Å². The third-order valence-corrected chi connectivity index (χ3v) is 4.13. The fourth-order valence-electron chi connectivity index (χ4n) is 3.00. The van der Waals surface area contributed by atoms with Crippen molar-refractivity contribution in [1.29, 1.82) is 0 Å². The molecule has 1 N–H and O–H groups in total. The standard InChI is InChI=1S/C17H24N4O/c1-20(2)11-16-15-8-9-21(12-17(15)19-18-16)10-13-4-6-14(22-3)7-5-13/h4-7H,8-12H2,1-3H3,(H,18,19). The molecule has 0 amide bonds.